The number of alkyl halides is 3. The summed E-state index contributed by atoms with van der Waals surface area (Å²) in [5.41, 5.74) is 0.561. The third-order valence-electron chi connectivity index (χ3n) is 3.86. The highest BCUT2D eigenvalue weighted by atomic mass is 127. The molecule has 31 heavy (non-hydrogen) atoms. The first kappa shape index (κ1) is 24.7. The van der Waals surface area contributed by atoms with Crippen LogP contribution in [0.3, 0.4) is 0 Å². The van der Waals surface area contributed by atoms with Gasteiger partial charge in [0.25, 0.3) is 5.91 Å². The molecule has 0 unspecified atom stereocenters. The summed E-state index contributed by atoms with van der Waals surface area (Å²) in [7, 11) is 1.55. The van der Waals surface area contributed by atoms with Gasteiger partial charge in [0.2, 0.25) is 0 Å². The van der Waals surface area contributed by atoms with Crippen molar-refractivity contribution in [1.29, 1.82) is 0 Å². The van der Waals surface area contributed by atoms with E-state index in [1.165, 1.54) is 6.26 Å². The predicted molar refractivity (Wildman–Crippen MR) is 123 cm³/mol. The number of nitrogens with zero attached hydrogens (tertiary/aromatic N) is 2. The first-order chi connectivity index (χ1) is 14.3. The van der Waals surface area contributed by atoms with Crippen LogP contribution in [0.15, 0.2) is 57.5 Å². The molecular formula is C19H19F3IN5O2S. The van der Waals surface area contributed by atoms with Crippen LogP contribution in [-0.4, -0.2) is 23.9 Å². The lowest BCUT2D eigenvalue weighted by molar-refractivity contribution is -0.140. The minimum absolute atomic E-state index is 0. The predicted octanol–water partition coefficient (Wildman–Crippen LogP) is 4.49. The van der Waals surface area contributed by atoms with Crippen LogP contribution in [0.4, 0.5) is 18.9 Å². The number of carbonyl (C=O) groups is 1. The van der Waals surface area contributed by atoms with Crippen molar-refractivity contribution < 1.29 is 22.4 Å². The number of carbonyl (C=O) groups excluding carboxylic acids is 1. The summed E-state index contributed by atoms with van der Waals surface area (Å²) in [6.45, 7) is 0.496. The molecule has 0 spiro atoms. The first-order valence-corrected chi connectivity index (χ1v) is 9.63. The van der Waals surface area contributed by atoms with E-state index >= 15 is 0 Å². The Hall–Kier alpha value is -2.61. The number of anilines is 1. The molecule has 0 aliphatic carbocycles. The molecule has 3 rings (SSSR count). The number of aromatic nitrogens is 1. The van der Waals surface area contributed by atoms with Gasteiger partial charge >= 0.3 is 6.18 Å². The van der Waals surface area contributed by atoms with E-state index in [1.807, 2.05) is 6.07 Å². The molecule has 0 aliphatic rings. The van der Waals surface area contributed by atoms with E-state index in [0.717, 1.165) is 22.3 Å². The van der Waals surface area contributed by atoms with Gasteiger partial charge in [-0.15, -0.1) is 35.3 Å². The fraction of sp³-hybridized carbons (Fsp3) is 0.211. The summed E-state index contributed by atoms with van der Waals surface area (Å²) in [4.78, 5) is 19.7. The lowest BCUT2D eigenvalue weighted by atomic mass is 10.2. The van der Waals surface area contributed by atoms with Crippen LogP contribution in [0.2, 0.25) is 0 Å². The molecule has 0 bridgehead atoms. The molecule has 1 amide bonds. The molecule has 12 heteroatoms. The lowest BCUT2D eigenvalue weighted by Gasteiger charge is -2.12. The zero-order valence-corrected chi connectivity index (χ0v) is 19.3. The average Bonchev–Trinajstić information content (AvgIpc) is 3.40. The summed E-state index contributed by atoms with van der Waals surface area (Å²) < 4.78 is 42.9. The maximum atomic E-state index is 12.6. The van der Waals surface area contributed by atoms with Crippen LogP contribution >= 0.6 is 35.3 Å². The second-order valence-electron chi connectivity index (χ2n) is 6.04. The number of guanidine groups is 1. The SMILES string of the molecule is CN=C(NCc1cccc(NC(=O)c2ccco2)c1)NCc1nc(C(F)(F)F)cs1.I. The van der Waals surface area contributed by atoms with E-state index in [9.17, 15) is 18.0 Å². The van der Waals surface area contributed by atoms with Gasteiger partial charge in [-0.1, -0.05) is 12.1 Å². The number of aliphatic imine (C=N–C) groups is 1. The fourth-order valence-corrected chi connectivity index (χ4v) is 3.19. The summed E-state index contributed by atoms with van der Waals surface area (Å²) in [5, 5.41) is 10.0. The van der Waals surface area contributed by atoms with E-state index in [2.05, 4.69) is 25.9 Å². The van der Waals surface area contributed by atoms with Gasteiger partial charge in [0, 0.05) is 24.7 Å². The molecule has 0 saturated heterocycles. The van der Waals surface area contributed by atoms with Gasteiger partial charge < -0.3 is 20.4 Å². The van der Waals surface area contributed by atoms with Crippen molar-refractivity contribution in [3.05, 3.63) is 70.1 Å². The molecule has 0 fully saturated rings. The van der Waals surface area contributed by atoms with Gasteiger partial charge in [-0.25, -0.2) is 4.98 Å². The Morgan fingerprint density at radius 1 is 1.19 bits per heavy atom. The monoisotopic (exact) mass is 565 g/mol. The summed E-state index contributed by atoms with van der Waals surface area (Å²) >= 11 is 0.926. The van der Waals surface area contributed by atoms with Crippen LogP contribution in [0, 0.1) is 0 Å². The van der Waals surface area contributed by atoms with Crippen molar-refractivity contribution >= 4 is 52.9 Å². The van der Waals surface area contributed by atoms with Crippen molar-refractivity contribution in [2.24, 2.45) is 4.99 Å². The Morgan fingerprint density at radius 2 is 1.97 bits per heavy atom. The molecular weight excluding hydrogens is 546 g/mol. The summed E-state index contributed by atoms with van der Waals surface area (Å²) in [5.74, 6) is 0.257. The van der Waals surface area contributed by atoms with Crippen molar-refractivity contribution in [2.45, 2.75) is 19.3 Å². The molecule has 3 N–H and O–H groups in total. The molecule has 0 aliphatic heterocycles. The van der Waals surface area contributed by atoms with Crippen molar-refractivity contribution in [1.82, 2.24) is 15.6 Å². The Bertz CT molecular complexity index is 1020. The fourth-order valence-electron chi connectivity index (χ4n) is 2.45. The number of hydrogen-bond donors (Lipinski definition) is 3. The number of benzene rings is 1. The zero-order valence-electron chi connectivity index (χ0n) is 16.2. The minimum atomic E-state index is -4.45. The van der Waals surface area contributed by atoms with Gasteiger partial charge in [-0.2, -0.15) is 13.2 Å². The highest BCUT2D eigenvalue weighted by molar-refractivity contribution is 14.0. The quantitative estimate of drug-likeness (QED) is 0.233. The number of nitrogens with one attached hydrogen (secondary N) is 3. The van der Waals surface area contributed by atoms with E-state index in [0.29, 0.717) is 23.2 Å². The van der Waals surface area contributed by atoms with Gasteiger partial charge in [0.15, 0.2) is 17.4 Å². The molecule has 0 radical (unpaired) electrons. The third kappa shape index (κ3) is 7.24. The number of hydrogen-bond acceptors (Lipinski definition) is 5. The average molecular weight is 565 g/mol. The van der Waals surface area contributed by atoms with Crippen LogP contribution in [0.1, 0.15) is 26.8 Å². The lowest BCUT2D eigenvalue weighted by Crippen LogP contribution is -2.36. The molecule has 0 saturated carbocycles. The first-order valence-electron chi connectivity index (χ1n) is 8.75. The van der Waals surface area contributed by atoms with E-state index in [-0.39, 0.29) is 42.2 Å². The van der Waals surface area contributed by atoms with Crippen molar-refractivity contribution in [3.63, 3.8) is 0 Å². The number of thiazole rings is 1. The highest BCUT2D eigenvalue weighted by Crippen LogP contribution is 2.29. The molecule has 3 aromatic rings. The number of rotatable bonds is 6. The third-order valence-corrected chi connectivity index (χ3v) is 4.71. The van der Waals surface area contributed by atoms with E-state index in [1.54, 1.807) is 37.4 Å². The molecule has 0 atom stereocenters. The molecule has 166 valence electrons. The topological polar surface area (TPSA) is 91.5 Å². The Morgan fingerprint density at radius 3 is 2.61 bits per heavy atom. The Kier molecular flexibility index (Phi) is 8.86. The van der Waals surface area contributed by atoms with Crippen molar-refractivity contribution in [3.8, 4) is 0 Å². The second-order valence-corrected chi connectivity index (χ2v) is 6.98. The van der Waals surface area contributed by atoms with Crippen molar-refractivity contribution in [2.75, 3.05) is 12.4 Å². The highest BCUT2D eigenvalue weighted by Gasteiger charge is 2.33. The smallest absolute Gasteiger partial charge is 0.434 e. The van der Waals surface area contributed by atoms with Gasteiger partial charge in [0.1, 0.15) is 5.01 Å². The van der Waals surface area contributed by atoms with Crippen LogP contribution in [0.25, 0.3) is 0 Å². The summed E-state index contributed by atoms with van der Waals surface area (Å²) in [6.07, 6.45) is -3.03. The normalized spacial score (nSPS) is 11.5. The maximum Gasteiger partial charge on any atom is 0.434 e. The molecule has 2 heterocycles. The number of furan rings is 1. The minimum Gasteiger partial charge on any atom is -0.459 e. The number of halogens is 4. The molecule has 2 aromatic heterocycles. The maximum absolute atomic E-state index is 12.6. The van der Waals surface area contributed by atoms with Crippen LogP contribution < -0.4 is 16.0 Å². The van der Waals surface area contributed by atoms with Crippen LogP contribution in [-0.2, 0) is 19.3 Å². The van der Waals surface area contributed by atoms with E-state index < -0.39 is 11.9 Å². The van der Waals surface area contributed by atoms with Gasteiger partial charge in [0.05, 0.1) is 12.8 Å². The van der Waals surface area contributed by atoms with E-state index in [4.69, 9.17) is 4.42 Å². The Labute approximate surface area is 197 Å². The van der Waals surface area contributed by atoms with Crippen LogP contribution in [0.5, 0.6) is 0 Å². The zero-order chi connectivity index (χ0) is 21.6. The standard InChI is InChI=1S/C19H18F3N5O2S.HI/c1-23-18(25-10-16-27-15(11-30-16)19(20,21)22)24-9-12-4-2-5-13(8-12)26-17(28)14-6-3-7-29-14;/h2-8,11H,9-10H2,1H3,(H,26,28)(H2,23,24,25);1H. The van der Waals surface area contributed by atoms with Gasteiger partial charge in [-0.3, -0.25) is 9.79 Å². The largest absolute Gasteiger partial charge is 0.459 e. The molecule has 7 nitrogen and oxygen atoms in total. The number of amides is 1. The molecule has 1 aromatic carbocycles. The second kappa shape index (κ2) is 11.1. The van der Waals surface area contributed by atoms with Gasteiger partial charge in [-0.05, 0) is 29.8 Å². The summed E-state index contributed by atoms with van der Waals surface area (Å²) in [6, 6.07) is 10.4. The Balaban J connectivity index is 0.00000341.